The molecule has 0 bridgehead atoms. The fourth-order valence-electron chi connectivity index (χ4n) is 3.05. The Balaban J connectivity index is 1.91. The highest BCUT2D eigenvalue weighted by Crippen LogP contribution is 2.28. The number of benzene rings is 1. The Labute approximate surface area is 129 Å². The number of phenolic OH excluding ortho intramolecular Hbond substituents is 1. The quantitative estimate of drug-likeness (QED) is 0.878. The molecule has 1 N–H and O–H groups in total. The van der Waals surface area contributed by atoms with Crippen LogP contribution in [0.4, 0.5) is 0 Å². The Kier molecular flexibility index (Phi) is 4.18. The van der Waals surface area contributed by atoms with Crippen LogP contribution in [0.3, 0.4) is 0 Å². The number of aromatic hydroxyl groups is 1. The van der Waals surface area contributed by atoms with Crippen molar-refractivity contribution in [3.05, 3.63) is 39.7 Å². The number of nitrogens with zero attached hydrogens (tertiary/aromatic N) is 2. The number of fused-ring (bicyclic) bond motifs is 1. The van der Waals surface area contributed by atoms with Crippen LogP contribution in [0.5, 0.6) is 5.75 Å². The van der Waals surface area contributed by atoms with Crippen LogP contribution in [-0.2, 0) is 6.54 Å². The van der Waals surface area contributed by atoms with E-state index < -0.39 is 0 Å². The molecule has 2 aromatic rings. The van der Waals surface area contributed by atoms with E-state index in [4.69, 9.17) is 4.42 Å². The summed E-state index contributed by atoms with van der Waals surface area (Å²) < 4.78 is 5.30. The van der Waals surface area contributed by atoms with Gasteiger partial charge in [0.2, 0.25) is 0 Å². The van der Waals surface area contributed by atoms with E-state index in [0.29, 0.717) is 11.1 Å². The Morgan fingerprint density at radius 2 is 1.86 bits per heavy atom. The summed E-state index contributed by atoms with van der Waals surface area (Å²) in [6.07, 6.45) is 0. The Morgan fingerprint density at radius 3 is 2.55 bits per heavy atom. The van der Waals surface area contributed by atoms with E-state index in [2.05, 4.69) is 16.7 Å². The monoisotopic (exact) mass is 302 g/mol. The van der Waals surface area contributed by atoms with Crippen LogP contribution < -0.4 is 5.63 Å². The van der Waals surface area contributed by atoms with Crippen LogP contribution in [0.1, 0.15) is 18.1 Å². The molecule has 0 spiro atoms. The fraction of sp³-hybridized carbons (Fsp3) is 0.471. The number of hydrogen-bond donors (Lipinski definition) is 1. The van der Waals surface area contributed by atoms with E-state index >= 15 is 0 Å². The van der Waals surface area contributed by atoms with Gasteiger partial charge in [-0.1, -0.05) is 6.92 Å². The van der Waals surface area contributed by atoms with E-state index in [-0.39, 0.29) is 11.4 Å². The van der Waals surface area contributed by atoms with Gasteiger partial charge in [0, 0.05) is 49.7 Å². The van der Waals surface area contributed by atoms with Crippen LogP contribution in [0.2, 0.25) is 0 Å². The Hall–Kier alpha value is -1.85. The van der Waals surface area contributed by atoms with Crippen LogP contribution >= 0.6 is 0 Å². The highest BCUT2D eigenvalue weighted by molar-refractivity contribution is 5.84. The molecule has 1 aromatic heterocycles. The maximum Gasteiger partial charge on any atom is 0.336 e. The van der Waals surface area contributed by atoms with Gasteiger partial charge >= 0.3 is 5.63 Å². The molecule has 1 aliphatic rings. The second kappa shape index (κ2) is 6.10. The average Bonchev–Trinajstić information content (AvgIpc) is 2.52. The summed E-state index contributed by atoms with van der Waals surface area (Å²) in [5.74, 6) is 0.157. The third-order valence-corrected chi connectivity index (χ3v) is 4.52. The smallest absolute Gasteiger partial charge is 0.336 e. The Morgan fingerprint density at radius 1 is 1.18 bits per heavy atom. The summed E-state index contributed by atoms with van der Waals surface area (Å²) in [5.41, 5.74) is 1.73. The van der Waals surface area contributed by atoms with Crippen molar-refractivity contribution in [2.24, 2.45) is 0 Å². The molecule has 1 fully saturated rings. The average molecular weight is 302 g/mol. The van der Waals surface area contributed by atoms with Gasteiger partial charge in [-0.2, -0.15) is 0 Å². The molecule has 22 heavy (non-hydrogen) atoms. The number of piperazine rings is 1. The van der Waals surface area contributed by atoms with Gasteiger partial charge in [-0.05, 0) is 31.2 Å². The molecule has 0 saturated carbocycles. The minimum absolute atomic E-state index is 0.157. The zero-order chi connectivity index (χ0) is 15.7. The van der Waals surface area contributed by atoms with E-state index in [1.807, 2.05) is 6.07 Å². The minimum Gasteiger partial charge on any atom is -0.508 e. The molecule has 1 saturated heterocycles. The lowest BCUT2D eigenvalue weighted by Crippen LogP contribution is -2.45. The van der Waals surface area contributed by atoms with Crippen LogP contribution in [0, 0.1) is 6.92 Å². The Bertz CT molecular complexity index is 730. The first-order chi connectivity index (χ1) is 10.6. The number of hydrogen-bond acceptors (Lipinski definition) is 5. The molecule has 0 amide bonds. The summed E-state index contributed by atoms with van der Waals surface area (Å²) in [6.45, 7) is 9.92. The lowest BCUT2D eigenvalue weighted by Gasteiger charge is -2.34. The minimum atomic E-state index is -0.358. The van der Waals surface area contributed by atoms with Crippen LogP contribution in [0.25, 0.3) is 11.0 Å². The first-order valence-corrected chi connectivity index (χ1v) is 7.78. The summed E-state index contributed by atoms with van der Waals surface area (Å²) in [5, 5.41) is 10.7. The van der Waals surface area contributed by atoms with Crippen molar-refractivity contribution in [3.8, 4) is 5.75 Å². The van der Waals surface area contributed by atoms with Crippen molar-refractivity contribution in [1.82, 2.24) is 9.80 Å². The molecule has 1 aromatic carbocycles. The molecule has 5 heteroatoms. The molecular formula is C17H22N2O3. The topological polar surface area (TPSA) is 56.9 Å². The molecule has 118 valence electrons. The first-order valence-electron chi connectivity index (χ1n) is 7.78. The molecule has 5 nitrogen and oxygen atoms in total. The van der Waals surface area contributed by atoms with Gasteiger partial charge in [0.05, 0.1) is 0 Å². The van der Waals surface area contributed by atoms with Gasteiger partial charge in [0.25, 0.3) is 0 Å². The van der Waals surface area contributed by atoms with Gasteiger partial charge < -0.3 is 14.4 Å². The van der Waals surface area contributed by atoms with Crippen molar-refractivity contribution in [1.29, 1.82) is 0 Å². The van der Waals surface area contributed by atoms with Crippen LogP contribution in [0.15, 0.2) is 27.4 Å². The lowest BCUT2D eigenvalue weighted by molar-refractivity contribution is 0.132. The van der Waals surface area contributed by atoms with Gasteiger partial charge in [-0.15, -0.1) is 0 Å². The summed E-state index contributed by atoms with van der Waals surface area (Å²) in [7, 11) is 0. The zero-order valence-electron chi connectivity index (χ0n) is 13.1. The standard InChI is InChI=1S/C17H22N2O3/c1-3-18-6-8-19(9-7-18)11-13-10-16(21)22-17-12(2)15(20)5-4-14(13)17/h4-5,10,20H,3,6-9,11H2,1-2H3. The summed E-state index contributed by atoms with van der Waals surface area (Å²) in [6, 6.07) is 5.07. The molecule has 3 rings (SSSR count). The third-order valence-electron chi connectivity index (χ3n) is 4.52. The summed E-state index contributed by atoms with van der Waals surface area (Å²) in [4.78, 5) is 16.6. The number of rotatable bonds is 3. The lowest BCUT2D eigenvalue weighted by atomic mass is 10.1. The predicted molar refractivity (Wildman–Crippen MR) is 86.3 cm³/mol. The van der Waals surface area contributed by atoms with Gasteiger partial charge in [0.1, 0.15) is 11.3 Å². The molecule has 0 aliphatic carbocycles. The second-order valence-electron chi connectivity index (χ2n) is 5.89. The maximum absolute atomic E-state index is 11.8. The molecule has 2 heterocycles. The highest BCUT2D eigenvalue weighted by Gasteiger charge is 2.18. The number of phenols is 1. The van der Waals surface area contributed by atoms with Gasteiger partial charge in [-0.25, -0.2) is 4.79 Å². The van der Waals surface area contributed by atoms with Crippen molar-refractivity contribution >= 4 is 11.0 Å². The first kappa shape index (κ1) is 15.1. The van der Waals surface area contributed by atoms with E-state index in [0.717, 1.165) is 50.2 Å². The maximum atomic E-state index is 11.8. The number of likely N-dealkylation sites (N-methyl/N-ethyl adjacent to an activating group) is 1. The third kappa shape index (κ3) is 2.87. The normalized spacial score (nSPS) is 17.2. The van der Waals surface area contributed by atoms with E-state index in [1.54, 1.807) is 19.1 Å². The molecule has 0 atom stereocenters. The molecular weight excluding hydrogens is 280 g/mol. The van der Waals surface area contributed by atoms with E-state index in [1.165, 1.54) is 0 Å². The predicted octanol–water partition coefficient (Wildman–Crippen LogP) is 1.94. The number of aryl methyl sites for hydroxylation is 1. The molecule has 0 radical (unpaired) electrons. The highest BCUT2D eigenvalue weighted by atomic mass is 16.4. The van der Waals surface area contributed by atoms with Gasteiger partial charge in [-0.3, -0.25) is 4.90 Å². The fourth-order valence-corrected chi connectivity index (χ4v) is 3.05. The van der Waals surface area contributed by atoms with E-state index in [9.17, 15) is 9.90 Å². The van der Waals surface area contributed by atoms with Crippen molar-refractivity contribution in [3.63, 3.8) is 0 Å². The van der Waals surface area contributed by atoms with Crippen molar-refractivity contribution in [2.45, 2.75) is 20.4 Å². The molecule has 0 unspecified atom stereocenters. The van der Waals surface area contributed by atoms with Gasteiger partial charge in [0.15, 0.2) is 0 Å². The van der Waals surface area contributed by atoms with Crippen LogP contribution in [-0.4, -0.2) is 47.6 Å². The second-order valence-corrected chi connectivity index (χ2v) is 5.89. The summed E-state index contributed by atoms with van der Waals surface area (Å²) >= 11 is 0. The zero-order valence-corrected chi connectivity index (χ0v) is 13.1. The SMILES string of the molecule is CCN1CCN(Cc2cc(=O)oc3c(C)c(O)ccc23)CC1. The van der Waals surface area contributed by atoms with Crippen molar-refractivity contribution in [2.75, 3.05) is 32.7 Å². The van der Waals surface area contributed by atoms with Crippen molar-refractivity contribution < 1.29 is 9.52 Å². The largest absolute Gasteiger partial charge is 0.508 e. The molecule has 1 aliphatic heterocycles.